The molecule has 0 aromatic heterocycles. The summed E-state index contributed by atoms with van der Waals surface area (Å²) in [6.45, 7) is 4.87. The third-order valence-corrected chi connectivity index (χ3v) is 3.86. The van der Waals surface area contributed by atoms with Crippen LogP contribution in [0.5, 0.6) is 0 Å². The second-order valence-corrected chi connectivity index (χ2v) is 5.42. The Bertz CT molecular complexity index is 752. The molecular weight excluding hydrogens is 352 g/mol. The van der Waals surface area contributed by atoms with Crippen LogP contribution < -0.4 is 5.43 Å². The predicted octanol–water partition coefficient (Wildman–Crippen LogP) is 1.66. The lowest BCUT2D eigenvalue weighted by Gasteiger charge is -2.33. The van der Waals surface area contributed by atoms with E-state index in [2.05, 4.69) is 10.5 Å². The average molecular weight is 374 g/mol. The van der Waals surface area contributed by atoms with Crippen molar-refractivity contribution in [3.63, 3.8) is 0 Å². The maximum atomic E-state index is 13.1. The minimum atomic E-state index is -2.19. The van der Waals surface area contributed by atoms with Gasteiger partial charge in [0.25, 0.3) is 0 Å². The van der Waals surface area contributed by atoms with Crippen LogP contribution in [0.1, 0.15) is 26.3 Å². The second-order valence-electron chi connectivity index (χ2n) is 5.42. The predicted molar refractivity (Wildman–Crippen MR) is 97.3 cm³/mol. The van der Waals surface area contributed by atoms with Crippen molar-refractivity contribution in [2.75, 3.05) is 19.8 Å². The van der Waals surface area contributed by atoms with Crippen LogP contribution in [0.25, 0.3) is 5.57 Å². The maximum absolute atomic E-state index is 13.1. The minimum absolute atomic E-state index is 0.00555. The molecule has 0 fully saturated rings. The molecule has 1 heterocycles. The van der Waals surface area contributed by atoms with E-state index in [1.807, 2.05) is 0 Å². The number of hydrazone groups is 1. The van der Waals surface area contributed by atoms with Crippen molar-refractivity contribution in [3.05, 3.63) is 42.1 Å². The minimum Gasteiger partial charge on any atom is -0.465 e. The van der Waals surface area contributed by atoms with Crippen LogP contribution in [0.2, 0.25) is 0 Å². The van der Waals surface area contributed by atoms with Gasteiger partial charge in [0, 0.05) is 11.8 Å². The number of carbonyl (C=O) groups excluding carboxylic acids is 3. The SMILES string of the molecule is CCOC(=O)C1=NNC=C(c2ccccc2)C1(C(=O)OCC)C(=O)OCC. The fourth-order valence-corrected chi connectivity index (χ4v) is 2.77. The van der Waals surface area contributed by atoms with Gasteiger partial charge in [-0.1, -0.05) is 30.3 Å². The third kappa shape index (κ3) is 3.69. The van der Waals surface area contributed by atoms with E-state index in [0.717, 1.165) is 0 Å². The van der Waals surface area contributed by atoms with E-state index < -0.39 is 29.0 Å². The number of benzene rings is 1. The molecule has 8 nitrogen and oxygen atoms in total. The Labute approximate surface area is 157 Å². The van der Waals surface area contributed by atoms with Crippen molar-refractivity contribution in [1.82, 2.24) is 5.43 Å². The zero-order valence-electron chi connectivity index (χ0n) is 15.5. The Morgan fingerprint density at radius 3 is 2.00 bits per heavy atom. The first-order chi connectivity index (χ1) is 13.0. The first-order valence-electron chi connectivity index (χ1n) is 8.65. The van der Waals surface area contributed by atoms with Gasteiger partial charge >= 0.3 is 17.9 Å². The quantitative estimate of drug-likeness (QED) is 0.440. The molecule has 8 heteroatoms. The Balaban J connectivity index is 2.74. The number of esters is 3. The highest BCUT2D eigenvalue weighted by atomic mass is 16.6. The van der Waals surface area contributed by atoms with Gasteiger partial charge < -0.3 is 14.2 Å². The lowest BCUT2D eigenvalue weighted by atomic mass is 9.72. The Hall–Kier alpha value is -3.16. The van der Waals surface area contributed by atoms with Crippen molar-refractivity contribution in [1.29, 1.82) is 0 Å². The summed E-state index contributed by atoms with van der Waals surface area (Å²) < 4.78 is 15.4. The number of nitrogens with one attached hydrogen (secondary N) is 1. The molecule has 0 saturated heterocycles. The Morgan fingerprint density at radius 1 is 0.926 bits per heavy atom. The second kappa shape index (κ2) is 8.98. The molecule has 27 heavy (non-hydrogen) atoms. The summed E-state index contributed by atoms with van der Waals surface area (Å²) in [6.07, 6.45) is 1.38. The van der Waals surface area contributed by atoms with Crippen LogP contribution in [0.3, 0.4) is 0 Å². The number of ether oxygens (including phenoxy) is 3. The van der Waals surface area contributed by atoms with Gasteiger partial charge in [-0.05, 0) is 26.3 Å². The molecule has 0 atom stereocenters. The van der Waals surface area contributed by atoms with Gasteiger partial charge in [-0.25, -0.2) is 4.79 Å². The molecule has 0 aliphatic carbocycles. The summed E-state index contributed by atoms with van der Waals surface area (Å²) in [4.78, 5) is 38.7. The number of nitrogens with zero attached hydrogens (tertiary/aromatic N) is 1. The van der Waals surface area contributed by atoms with Crippen LogP contribution in [0.15, 0.2) is 41.6 Å². The van der Waals surface area contributed by atoms with E-state index in [9.17, 15) is 14.4 Å². The van der Waals surface area contributed by atoms with E-state index in [0.29, 0.717) is 5.56 Å². The van der Waals surface area contributed by atoms with Gasteiger partial charge in [0.1, 0.15) is 0 Å². The van der Waals surface area contributed by atoms with Crippen molar-refractivity contribution in [2.24, 2.45) is 10.5 Å². The van der Waals surface area contributed by atoms with Crippen molar-refractivity contribution < 1.29 is 28.6 Å². The van der Waals surface area contributed by atoms with Crippen LogP contribution in [-0.4, -0.2) is 43.4 Å². The highest BCUT2D eigenvalue weighted by Crippen LogP contribution is 2.41. The summed E-state index contributed by atoms with van der Waals surface area (Å²) in [5.41, 5.74) is 0.686. The summed E-state index contributed by atoms with van der Waals surface area (Å²) >= 11 is 0. The van der Waals surface area contributed by atoms with Gasteiger partial charge in [0.05, 0.1) is 19.8 Å². The molecule has 1 N–H and O–H groups in total. The lowest BCUT2D eigenvalue weighted by molar-refractivity contribution is -0.163. The van der Waals surface area contributed by atoms with E-state index in [-0.39, 0.29) is 25.4 Å². The first-order valence-corrected chi connectivity index (χ1v) is 8.65. The molecule has 0 unspecified atom stereocenters. The van der Waals surface area contributed by atoms with Crippen molar-refractivity contribution >= 4 is 29.2 Å². The standard InChI is InChI=1S/C19H22N2O6/c1-4-25-16(22)15-19(17(23)26-5-2,18(24)27-6-3)14(12-20-21-15)13-10-8-7-9-11-13/h7-12,20H,4-6H2,1-3H3. The van der Waals surface area contributed by atoms with E-state index >= 15 is 0 Å². The molecule has 1 aliphatic heterocycles. The van der Waals surface area contributed by atoms with Crippen LogP contribution in [0, 0.1) is 5.41 Å². The van der Waals surface area contributed by atoms with Crippen LogP contribution >= 0.6 is 0 Å². The summed E-state index contributed by atoms with van der Waals surface area (Å²) in [5.74, 6) is -2.81. The molecular formula is C19H22N2O6. The summed E-state index contributed by atoms with van der Waals surface area (Å²) in [6, 6.07) is 8.68. The Morgan fingerprint density at radius 2 is 1.48 bits per heavy atom. The van der Waals surface area contributed by atoms with E-state index in [4.69, 9.17) is 14.2 Å². The number of rotatable bonds is 7. The van der Waals surface area contributed by atoms with Gasteiger partial charge in [0.15, 0.2) is 5.71 Å². The third-order valence-electron chi connectivity index (χ3n) is 3.86. The number of hydrogen-bond donors (Lipinski definition) is 1. The molecule has 1 aromatic carbocycles. The molecule has 144 valence electrons. The molecule has 0 spiro atoms. The maximum Gasteiger partial charge on any atom is 0.356 e. The normalized spacial score (nSPS) is 14.9. The van der Waals surface area contributed by atoms with Gasteiger partial charge in [-0.2, -0.15) is 5.10 Å². The monoisotopic (exact) mass is 374 g/mol. The molecule has 2 rings (SSSR count). The molecule has 0 amide bonds. The summed E-state index contributed by atoms with van der Waals surface area (Å²) in [7, 11) is 0. The molecule has 0 bridgehead atoms. The highest BCUT2D eigenvalue weighted by molar-refractivity contribution is 6.51. The van der Waals surface area contributed by atoms with E-state index in [1.165, 1.54) is 6.20 Å². The molecule has 0 saturated carbocycles. The fourth-order valence-electron chi connectivity index (χ4n) is 2.77. The largest absolute Gasteiger partial charge is 0.465 e. The van der Waals surface area contributed by atoms with Crippen LogP contribution in [0.4, 0.5) is 0 Å². The average Bonchev–Trinajstić information content (AvgIpc) is 2.68. The van der Waals surface area contributed by atoms with Crippen molar-refractivity contribution in [3.8, 4) is 0 Å². The van der Waals surface area contributed by atoms with E-state index in [1.54, 1.807) is 51.1 Å². The summed E-state index contributed by atoms with van der Waals surface area (Å²) in [5, 5.41) is 3.90. The zero-order chi connectivity index (χ0) is 19.9. The Kier molecular flexibility index (Phi) is 6.70. The lowest BCUT2D eigenvalue weighted by Crippen LogP contribution is -2.54. The van der Waals surface area contributed by atoms with Gasteiger partial charge in [-0.15, -0.1) is 0 Å². The van der Waals surface area contributed by atoms with Crippen molar-refractivity contribution in [2.45, 2.75) is 20.8 Å². The highest BCUT2D eigenvalue weighted by Gasteiger charge is 2.61. The molecule has 0 radical (unpaired) electrons. The number of carbonyl (C=O) groups is 3. The van der Waals surface area contributed by atoms with Gasteiger partial charge in [-0.3, -0.25) is 15.0 Å². The van der Waals surface area contributed by atoms with Crippen LogP contribution in [-0.2, 0) is 28.6 Å². The first kappa shape index (κ1) is 20.2. The topological polar surface area (TPSA) is 103 Å². The molecule has 1 aromatic rings. The fraction of sp³-hybridized carbons (Fsp3) is 0.368. The zero-order valence-corrected chi connectivity index (χ0v) is 15.5. The van der Waals surface area contributed by atoms with Gasteiger partial charge in [0.2, 0.25) is 5.41 Å². The smallest absolute Gasteiger partial charge is 0.356 e. The molecule has 1 aliphatic rings. The number of hydrogen-bond acceptors (Lipinski definition) is 8.